The Morgan fingerprint density at radius 1 is 1.35 bits per heavy atom. The van der Waals surface area contributed by atoms with Crippen LogP contribution in [0.25, 0.3) is 0 Å². The van der Waals surface area contributed by atoms with E-state index in [1.54, 1.807) is 0 Å². The van der Waals surface area contributed by atoms with E-state index in [-0.39, 0.29) is 0 Å². The Hall–Kier alpha value is -0.320. The summed E-state index contributed by atoms with van der Waals surface area (Å²) in [7, 11) is 0. The van der Waals surface area contributed by atoms with Crippen LogP contribution in [0, 0.1) is 0 Å². The van der Waals surface area contributed by atoms with E-state index >= 15 is 0 Å². The smallest absolute Gasteiger partial charge is 0.148 e. The highest BCUT2D eigenvalue weighted by molar-refractivity contribution is 9.11. The molecule has 0 aliphatic heterocycles. The number of benzene rings is 1. The lowest BCUT2D eigenvalue weighted by atomic mass is 10.1. The van der Waals surface area contributed by atoms with Gasteiger partial charge in [0.1, 0.15) is 12.4 Å². The molecule has 0 aromatic heterocycles. The third kappa shape index (κ3) is 4.45. The van der Waals surface area contributed by atoms with Gasteiger partial charge in [0.15, 0.2) is 0 Å². The van der Waals surface area contributed by atoms with Gasteiger partial charge < -0.3 is 10.5 Å². The summed E-state index contributed by atoms with van der Waals surface area (Å²) in [6, 6.07) is 4.09. The Labute approximate surface area is 119 Å². The Bertz CT molecular complexity index is 381. The van der Waals surface area contributed by atoms with E-state index in [0.29, 0.717) is 13.2 Å². The predicted octanol–water partition coefficient (Wildman–Crippen LogP) is 4.06. The van der Waals surface area contributed by atoms with E-state index in [0.717, 1.165) is 33.1 Å². The van der Waals surface area contributed by atoms with E-state index in [2.05, 4.69) is 45.4 Å². The van der Waals surface area contributed by atoms with Gasteiger partial charge in [0.25, 0.3) is 0 Å². The fourth-order valence-corrected chi connectivity index (χ4v) is 2.85. The van der Waals surface area contributed by atoms with Gasteiger partial charge in [-0.05, 0) is 74.5 Å². The Kier molecular flexibility index (Phi) is 6.23. The van der Waals surface area contributed by atoms with Crippen molar-refractivity contribution in [2.24, 2.45) is 5.73 Å². The molecule has 0 aliphatic carbocycles. The molecule has 0 bridgehead atoms. The molecule has 2 N–H and O–H groups in total. The molecule has 0 aliphatic rings. The molecule has 1 aromatic rings. The maximum absolute atomic E-state index is 5.73. The zero-order valence-electron chi connectivity index (χ0n) is 9.93. The lowest BCUT2D eigenvalue weighted by Gasteiger charge is -2.12. The largest absolute Gasteiger partial charge is 0.487 e. The molecule has 0 radical (unpaired) electrons. The summed E-state index contributed by atoms with van der Waals surface area (Å²) in [4.78, 5) is 0. The normalized spacial score (nSPS) is 10.4. The highest BCUT2D eigenvalue weighted by atomic mass is 79.9. The number of rotatable bonds is 6. The van der Waals surface area contributed by atoms with Gasteiger partial charge in [0, 0.05) is 0 Å². The molecule has 4 heteroatoms. The first-order valence-electron chi connectivity index (χ1n) is 5.56. The van der Waals surface area contributed by atoms with Crippen LogP contribution in [-0.4, -0.2) is 13.2 Å². The Balaban J connectivity index is 2.82. The Morgan fingerprint density at radius 2 is 1.94 bits per heavy atom. The molecule has 0 saturated carbocycles. The zero-order valence-corrected chi connectivity index (χ0v) is 13.1. The topological polar surface area (TPSA) is 35.2 Å². The number of nitrogens with two attached hydrogens (primary N) is 1. The molecule has 0 unspecified atom stereocenters. The van der Waals surface area contributed by atoms with Gasteiger partial charge in [-0.25, -0.2) is 0 Å². The van der Waals surface area contributed by atoms with Gasteiger partial charge in [-0.1, -0.05) is 13.5 Å². The molecule has 2 nitrogen and oxygen atoms in total. The van der Waals surface area contributed by atoms with Crippen molar-refractivity contribution in [3.05, 3.63) is 38.8 Å². The third-order valence-electron chi connectivity index (χ3n) is 2.41. The summed E-state index contributed by atoms with van der Waals surface area (Å²) >= 11 is 7.03. The molecule has 17 heavy (non-hydrogen) atoms. The monoisotopic (exact) mass is 361 g/mol. The van der Waals surface area contributed by atoms with Crippen LogP contribution in [0.1, 0.15) is 18.9 Å². The Morgan fingerprint density at radius 3 is 2.41 bits per heavy atom. The second-order valence-corrected chi connectivity index (χ2v) is 5.53. The third-order valence-corrected chi connectivity index (χ3v) is 3.59. The molecule has 1 aromatic carbocycles. The minimum Gasteiger partial charge on any atom is -0.487 e. The quantitative estimate of drug-likeness (QED) is 0.774. The van der Waals surface area contributed by atoms with Crippen LogP contribution in [0.2, 0.25) is 0 Å². The van der Waals surface area contributed by atoms with Gasteiger partial charge in [-0.15, -0.1) is 0 Å². The molecule has 0 amide bonds. The van der Waals surface area contributed by atoms with Gasteiger partial charge >= 0.3 is 0 Å². The van der Waals surface area contributed by atoms with E-state index in [9.17, 15) is 0 Å². The lowest BCUT2D eigenvalue weighted by molar-refractivity contribution is 0.344. The number of hydrogen-bond donors (Lipinski definition) is 1. The molecule has 0 fully saturated rings. The molecule has 0 atom stereocenters. The maximum atomic E-state index is 5.73. The summed E-state index contributed by atoms with van der Waals surface area (Å²) in [5.41, 5.74) is 7.81. The number of halogens is 2. The highest BCUT2D eigenvalue weighted by Crippen LogP contribution is 2.35. The standard InChI is InChI=1S/C13H17Br2NO/c1-3-9(2)8-17-13-11(14)6-10(4-5-16)7-12(13)15/h6-7H,2-5,8,16H2,1H3. The van der Waals surface area contributed by atoms with Crippen molar-refractivity contribution in [1.82, 2.24) is 0 Å². The van der Waals surface area contributed by atoms with Crippen LogP contribution in [0.3, 0.4) is 0 Å². The van der Waals surface area contributed by atoms with Gasteiger partial charge in [0.2, 0.25) is 0 Å². The molecule has 1 rings (SSSR count). The summed E-state index contributed by atoms with van der Waals surface area (Å²) in [5.74, 6) is 0.820. The van der Waals surface area contributed by atoms with Crippen LogP contribution in [0.15, 0.2) is 33.2 Å². The van der Waals surface area contributed by atoms with Crippen molar-refractivity contribution in [3.8, 4) is 5.75 Å². The fraction of sp³-hybridized carbons (Fsp3) is 0.385. The second kappa shape index (κ2) is 7.19. The van der Waals surface area contributed by atoms with Crippen LogP contribution in [-0.2, 0) is 6.42 Å². The fourth-order valence-electron chi connectivity index (χ4n) is 1.34. The van der Waals surface area contributed by atoms with Crippen molar-refractivity contribution in [2.45, 2.75) is 19.8 Å². The minimum absolute atomic E-state index is 0.546. The van der Waals surface area contributed by atoms with Crippen LogP contribution in [0.4, 0.5) is 0 Å². The minimum atomic E-state index is 0.546. The van der Waals surface area contributed by atoms with Gasteiger partial charge in [-0.2, -0.15) is 0 Å². The summed E-state index contributed by atoms with van der Waals surface area (Å²) in [6.07, 6.45) is 1.79. The maximum Gasteiger partial charge on any atom is 0.148 e. The van der Waals surface area contributed by atoms with Gasteiger partial charge in [0.05, 0.1) is 8.95 Å². The zero-order chi connectivity index (χ0) is 12.8. The molecular formula is C13H17Br2NO. The summed E-state index contributed by atoms with van der Waals surface area (Å²) in [6.45, 7) is 7.18. The first-order chi connectivity index (χ1) is 8.08. The average Bonchev–Trinajstić information content (AvgIpc) is 2.28. The predicted molar refractivity (Wildman–Crippen MR) is 79.5 cm³/mol. The molecule has 0 heterocycles. The van der Waals surface area contributed by atoms with Crippen LogP contribution < -0.4 is 10.5 Å². The molecule has 94 valence electrons. The van der Waals surface area contributed by atoms with Crippen LogP contribution in [0.5, 0.6) is 5.75 Å². The summed E-state index contributed by atoms with van der Waals surface area (Å²) < 4.78 is 7.62. The average molecular weight is 363 g/mol. The van der Waals surface area contributed by atoms with Crippen molar-refractivity contribution in [1.29, 1.82) is 0 Å². The van der Waals surface area contributed by atoms with E-state index < -0.39 is 0 Å². The van der Waals surface area contributed by atoms with Crippen LogP contribution >= 0.6 is 31.9 Å². The van der Waals surface area contributed by atoms with Crippen molar-refractivity contribution >= 4 is 31.9 Å². The summed E-state index contributed by atoms with van der Waals surface area (Å²) in [5, 5.41) is 0. The molecular weight excluding hydrogens is 346 g/mol. The lowest BCUT2D eigenvalue weighted by Crippen LogP contribution is -2.04. The van der Waals surface area contributed by atoms with Crippen molar-refractivity contribution in [3.63, 3.8) is 0 Å². The second-order valence-electron chi connectivity index (χ2n) is 3.82. The first-order valence-corrected chi connectivity index (χ1v) is 7.14. The van der Waals surface area contributed by atoms with E-state index in [1.807, 2.05) is 12.1 Å². The highest BCUT2D eigenvalue weighted by Gasteiger charge is 2.09. The number of ether oxygens (including phenoxy) is 1. The van der Waals surface area contributed by atoms with Crippen molar-refractivity contribution in [2.75, 3.05) is 13.2 Å². The van der Waals surface area contributed by atoms with Gasteiger partial charge in [-0.3, -0.25) is 0 Å². The van der Waals surface area contributed by atoms with Crippen molar-refractivity contribution < 1.29 is 4.74 Å². The number of hydrogen-bond acceptors (Lipinski definition) is 2. The SMILES string of the molecule is C=C(CC)COc1c(Br)cc(CCN)cc1Br. The molecule has 0 saturated heterocycles. The van der Waals surface area contributed by atoms with E-state index in [4.69, 9.17) is 10.5 Å². The first kappa shape index (κ1) is 14.7. The van der Waals surface area contributed by atoms with E-state index in [1.165, 1.54) is 5.56 Å². The molecule has 0 spiro atoms.